The molecule has 2 aromatic heterocycles. The van der Waals surface area contributed by atoms with Crippen molar-refractivity contribution in [1.29, 1.82) is 5.41 Å². The predicted octanol–water partition coefficient (Wildman–Crippen LogP) is 1.44. The van der Waals surface area contributed by atoms with Gasteiger partial charge in [-0.25, -0.2) is 9.97 Å². The number of nitrogens with one attached hydrogen (secondary N) is 1. The van der Waals surface area contributed by atoms with E-state index in [0.717, 1.165) is 6.42 Å². The Labute approximate surface area is 170 Å². The summed E-state index contributed by atoms with van der Waals surface area (Å²) in [7, 11) is 1.20. The highest BCUT2D eigenvalue weighted by Crippen LogP contribution is 2.54. The molecule has 1 fully saturated rings. The molecule has 9 nitrogen and oxygen atoms in total. The van der Waals surface area contributed by atoms with E-state index in [1.807, 2.05) is 13.8 Å². The normalized spacial score (nSPS) is 31.1. The van der Waals surface area contributed by atoms with Gasteiger partial charge in [0.15, 0.2) is 22.7 Å². The third-order valence-corrected chi connectivity index (χ3v) is 8.52. The third kappa shape index (κ3) is 3.55. The quantitative estimate of drug-likeness (QED) is 0.606. The Balaban J connectivity index is 1.53. The van der Waals surface area contributed by atoms with Crippen LogP contribution in [0.1, 0.15) is 46.8 Å². The van der Waals surface area contributed by atoms with Crippen LogP contribution in [0.3, 0.4) is 0 Å². The van der Waals surface area contributed by atoms with Gasteiger partial charge in [-0.3, -0.25) is 9.98 Å². The molecule has 0 bridgehead atoms. The topological polar surface area (TPSA) is 118 Å². The van der Waals surface area contributed by atoms with Crippen LogP contribution in [0.25, 0.3) is 11.2 Å². The van der Waals surface area contributed by atoms with Gasteiger partial charge in [0.1, 0.15) is 23.3 Å². The number of aryl methyl sites for hydroxylation is 1. The maximum absolute atomic E-state index is 10.7. The predicted molar refractivity (Wildman–Crippen MR) is 110 cm³/mol. The van der Waals surface area contributed by atoms with Crippen LogP contribution in [-0.2, 0) is 16.3 Å². The first-order chi connectivity index (χ1) is 13.6. The van der Waals surface area contributed by atoms with Crippen molar-refractivity contribution in [2.24, 2.45) is 7.05 Å². The number of aromatic nitrogens is 4. The fourth-order valence-corrected chi connectivity index (χ4v) is 6.21. The number of fused-ring (bicyclic) bond motifs is 1. The summed E-state index contributed by atoms with van der Waals surface area (Å²) in [6.07, 6.45) is 1.01. The number of aliphatic hydroxyl groups is 2. The minimum atomic E-state index is -1.12. The highest BCUT2D eigenvalue weighted by atomic mass is 31.1. The van der Waals surface area contributed by atoms with Gasteiger partial charge in [-0.05, 0) is 20.3 Å². The molecule has 6 atom stereocenters. The zero-order chi connectivity index (χ0) is 21.1. The average molecular weight is 422 g/mol. The van der Waals surface area contributed by atoms with Crippen LogP contribution in [0.5, 0.6) is 0 Å². The van der Waals surface area contributed by atoms with Gasteiger partial charge in [0, 0.05) is 20.4 Å². The van der Waals surface area contributed by atoms with E-state index in [1.54, 1.807) is 16.2 Å². The lowest BCUT2D eigenvalue weighted by molar-refractivity contribution is -0.0568. The lowest BCUT2D eigenvalue weighted by Gasteiger charge is -2.24. The molecule has 2 aromatic rings. The van der Waals surface area contributed by atoms with Crippen molar-refractivity contribution in [3.8, 4) is 0 Å². The zero-order valence-electron chi connectivity index (χ0n) is 17.4. The van der Waals surface area contributed by atoms with Crippen molar-refractivity contribution >= 4 is 24.2 Å². The van der Waals surface area contributed by atoms with Gasteiger partial charge in [-0.1, -0.05) is 6.92 Å². The molecule has 4 rings (SSSR count). The number of hydrogen-bond donors (Lipinski definition) is 3. The summed E-state index contributed by atoms with van der Waals surface area (Å²) in [6.45, 7) is 8.33. The molecule has 0 saturated carbocycles. The fourth-order valence-electron chi connectivity index (χ4n) is 4.04. The van der Waals surface area contributed by atoms with Crippen LogP contribution in [0.2, 0.25) is 0 Å². The van der Waals surface area contributed by atoms with E-state index in [2.05, 4.69) is 23.8 Å². The Kier molecular flexibility index (Phi) is 5.16. The Morgan fingerprint density at radius 2 is 2.00 bits per heavy atom. The SMILES string of the molecule is CCC1C(C)=[P+]1OC(C)(C)C[C@H]1OC(n2cnc3c(=N)n(C)cnc32)[C@H](O)C1O. The van der Waals surface area contributed by atoms with Crippen molar-refractivity contribution in [2.75, 3.05) is 0 Å². The molecule has 1 saturated heterocycles. The average Bonchev–Trinajstić information content (AvgIpc) is 2.98. The van der Waals surface area contributed by atoms with Gasteiger partial charge < -0.3 is 19.5 Å². The second-order valence-electron chi connectivity index (χ2n) is 8.52. The highest BCUT2D eigenvalue weighted by Gasteiger charge is 2.54. The molecule has 4 heterocycles. The molecular weight excluding hydrogens is 393 g/mol. The maximum atomic E-state index is 10.7. The number of ether oxygens (including phenoxy) is 1. The van der Waals surface area contributed by atoms with E-state index in [1.165, 1.54) is 17.9 Å². The van der Waals surface area contributed by atoms with Crippen molar-refractivity contribution in [1.82, 2.24) is 19.1 Å². The number of nitrogens with zero attached hydrogens (tertiary/aromatic N) is 4. The molecule has 0 amide bonds. The third-order valence-electron chi connectivity index (χ3n) is 5.78. The molecule has 29 heavy (non-hydrogen) atoms. The molecule has 2 aliphatic rings. The summed E-state index contributed by atoms with van der Waals surface area (Å²) in [6, 6.07) is 0. The van der Waals surface area contributed by atoms with Crippen LogP contribution in [-0.4, -0.2) is 64.2 Å². The smallest absolute Gasteiger partial charge is 0.270 e. The van der Waals surface area contributed by atoms with Gasteiger partial charge >= 0.3 is 0 Å². The van der Waals surface area contributed by atoms with Crippen LogP contribution < -0.4 is 5.49 Å². The standard InChI is InChI=1S/C19H29N5O4P/c1-6-12-10(2)29(12)28-19(3,4)7-11-14(25)15(26)18(27-11)24-9-21-13-16(20)23(5)8-22-17(13)24/h8-9,11-12,14-15,18,20,25-26H,6-7H2,1-5H3/q+1/t11-,12?,14?,15-,18?/m1/s1. The fraction of sp³-hybridized carbons (Fsp3) is 0.684. The number of imidazole rings is 1. The number of aliphatic hydroxyl groups excluding tert-OH is 2. The van der Waals surface area contributed by atoms with E-state index in [9.17, 15) is 10.2 Å². The summed E-state index contributed by atoms with van der Waals surface area (Å²) < 4.78 is 15.5. The summed E-state index contributed by atoms with van der Waals surface area (Å²) in [4.78, 5) is 8.58. The first-order valence-corrected chi connectivity index (χ1v) is 11.2. The van der Waals surface area contributed by atoms with Gasteiger partial charge in [-0.15, -0.1) is 0 Å². The summed E-state index contributed by atoms with van der Waals surface area (Å²) in [5.74, 6) is 0. The van der Waals surface area contributed by atoms with Crippen LogP contribution in [0, 0.1) is 5.41 Å². The number of hydrogen-bond acceptors (Lipinski definition) is 7. The van der Waals surface area contributed by atoms with E-state index in [0.29, 0.717) is 23.2 Å². The second-order valence-corrected chi connectivity index (χ2v) is 10.7. The first kappa shape index (κ1) is 20.6. The zero-order valence-corrected chi connectivity index (χ0v) is 18.3. The molecule has 4 unspecified atom stereocenters. The lowest BCUT2D eigenvalue weighted by Crippen LogP contribution is -2.36. The molecule has 0 spiro atoms. The van der Waals surface area contributed by atoms with Crippen LogP contribution in [0.4, 0.5) is 0 Å². The number of rotatable bonds is 6. The summed E-state index contributed by atoms with van der Waals surface area (Å²) in [5.41, 5.74) is 1.17. The van der Waals surface area contributed by atoms with Crippen molar-refractivity contribution < 1.29 is 19.5 Å². The van der Waals surface area contributed by atoms with E-state index in [4.69, 9.17) is 14.7 Å². The second kappa shape index (κ2) is 7.25. The van der Waals surface area contributed by atoms with Crippen LogP contribution in [0.15, 0.2) is 12.7 Å². The molecule has 10 heteroatoms. The molecule has 0 aliphatic carbocycles. The van der Waals surface area contributed by atoms with E-state index >= 15 is 0 Å². The molecular formula is C19H29N5O4P+. The van der Waals surface area contributed by atoms with E-state index in [-0.39, 0.29) is 5.49 Å². The van der Waals surface area contributed by atoms with Gasteiger partial charge in [-0.2, -0.15) is 4.52 Å². The minimum absolute atomic E-state index is 0.219. The van der Waals surface area contributed by atoms with Crippen molar-refractivity contribution in [3.63, 3.8) is 0 Å². The Morgan fingerprint density at radius 1 is 1.28 bits per heavy atom. The lowest BCUT2D eigenvalue weighted by atomic mass is 9.97. The highest BCUT2D eigenvalue weighted by molar-refractivity contribution is 7.66. The molecule has 2 aliphatic heterocycles. The Morgan fingerprint density at radius 3 is 2.66 bits per heavy atom. The molecule has 0 aromatic carbocycles. The Hall–Kier alpha value is -1.64. The van der Waals surface area contributed by atoms with E-state index < -0.39 is 37.9 Å². The van der Waals surface area contributed by atoms with Crippen molar-refractivity contribution in [2.45, 2.75) is 76.3 Å². The summed E-state index contributed by atoms with van der Waals surface area (Å²) >= 11 is 0. The first-order valence-electron chi connectivity index (χ1n) is 9.90. The van der Waals surface area contributed by atoms with Gasteiger partial charge in [0.2, 0.25) is 5.66 Å². The molecule has 3 N–H and O–H groups in total. The monoisotopic (exact) mass is 422 g/mol. The van der Waals surface area contributed by atoms with Crippen LogP contribution >= 0.6 is 7.77 Å². The van der Waals surface area contributed by atoms with Crippen molar-refractivity contribution in [3.05, 3.63) is 18.1 Å². The van der Waals surface area contributed by atoms with Gasteiger partial charge in [0.25, 0.3) is 7.77 Å². The van der Waals surface area contributed by atoms with Gasteiger partial charge in [0.05, 0.1) is 18.8 Å². The minimum Gasteiger partial charge on any atom is -0.388 e. The molecule has 0 radical (unpaired) electrons. The molecule has 158 valence electrons. The maximum Gasteiger partial charge on any atom is 0.270 e. The summed E-state index contributed by atoms with van der Waals surface area (Å²) in [5, 5.41) is 30.8. The largest absolute Gasteiger partial charge is 0.388 e. The Bertz CT molecular complexity index is 1030.